The first-order valence-corrected chi connectivity index (χ1v) is 7.02. The number of nitrogens with zero attached hydrogens (tertiary/aromatic N) is 1. The lowest BCUT2D eigenvalue weighted by Crippen LogP contribution is -2.16. The average Bonchev–Trinajstić information content (AvgIpc) is 2.69. The van der Waals surface area contributed by atoms with Crippen LogP contribution in [0.3, 0.4) is 0 Å². The number of halogens is 1. The Morgan fingerprint density at radius 2 is 2.00 bits per heavy atom. The minimum Gasteiger partial charge on any atom is -0.399 e. The molecule has 2 N–H and O–H groups in total. The van der Waals surface area contributed by atoms with Gasteiger partial charge < -0.3 is 5.73 Å². The van der Waals surface area contributed by atoms with Crippen molar-refractivity contribution in [3.05, 3.63) is 50.7 Å². The average molecular weight is 281 g/mol. The van der Waals surface area contributed by atoms with Gasteiger partial charge in [-0.1, -0.05) is 23.7 Å². The van der Waals surface area contributed by atoms with E-state index in [9.17, 15) is 0 Å². The Kier molecular flexibility index (Phi) is 4.27. The normalized spacial score (nSPS) is 11.1. The summed E-state index contributed by atoms with van der Waals surface area (Å²) in [6.07, 6.45) is 0. The Balaban J connectivity index is 1.98. The van der Waals surface area contributed by atoms with Crippen molar-refractivity contribution in [3.63, 3.8) is 0 Å². The Bertz CT molecular complexity index is 536. The van der Waals surface area contributed by atoms with Crippen LogP contribution in [0.2, 0.25) is 4.34 Å². The molecule has 0 aliphatic heterocycles. The number of rotatable bonds is 4. The molecule has 0 unspecified atom stereocenters. The van der Waals surface area contributed by atoms with Gasteiger partial charge in [-0.15, -0.1) is 11.3 Å². The summed E-state index contributed by atoms with van der Waals surface area (Å²) in [5.74, 6) is 0. The van der Waals surface area contributed by atoms with Gasteiger partial charge in [-0.2, -0.15) is 0 Å². The minimum absolute atomic E-state index is 0.845. The van der Waals surface area contributed by atoms with Gasteiger partial charge in [-0.3, -0.25) is 4.90 Å². The molecule has 1 aromatic heterocycles. The summed E-state index contributed by atoms with van der Waals surface area (Å²) >= 11 is 7.56. The van der Waals surface area contributed by atoms with Crippen LogP contribution in [0.15, 0.2) is 30.3 Å². The molecule has 2 rings (SSSR count). The number of aryl methyl sites for hydroxylation is 1. The predicted octanol–water partition coefficient (Wildman–Crippen LogP) is 3.92. The summed E-state index contributed by atoms with van der Waals surface area (Å²) in [5, 5.41) is 0. The highest BCUT2D eigenvalue weighted by Crippen LogP contribution is 2.23. The highest BCUT2D eigenvalue weighted by molar-refractivity contribution is 7.16. The Morgan fingerprint density at radius 1 is 1.22 bits per heavy atom. The Hall–Kier alpha value is -1.03. The molecule has 2 nitrogen and oxygen atoms in total. The Labute approximate surface area is 117 Å². The van der Waals surface area contributed by atoms with E-state index in [1.54, 1.807) is 11.3 Å². The molecule has 1 aromatic carbocycles. The fourth-order valence-corrected chi connectivity index (χ4v) is 3.03. The van der Waals surface area contributed by atoms with Gasteiger partial charge in [0, 0.05) is 23.7 Å². The van der Waals surface area contributed by atoms with Crippen LogP contribution < -0.4 is 5.73 Å². The van der Waals surface area contributed by atoms with E-state index in [1.165, 1.54) is 10.4 Å². The van der Waals surface area contributed by atoms with Crippen LogP contribution in [0.1, 0.15) is 16.0 Å². The molecule has 0 amide bonds. The van der Waals surface area contributed by atoms with Crippen LogP contribution >= 0.6 is 22.9 Å². The number of thiophene rings is 1. The highest BCUT2D eigenvalue weighted by Gasteiger charge is 2.05. The summed E-state index contributed by atoms with van der Waals surface area (Å²) in [6.45, 7) is 3.82. The maximum absolute atomic E-state index is 5.93. The van der Waals surface area contributed by atoms with Crippen molar-refractivity contribution < 1.29 is 0 Å². The molecule has 1 heterocycles. The van der Waals surface area contributed by atoms with Gasteiger partial charge in [0.25, 0.3) is 0 Å². The van der Waals surface area contributed by atoms with Crippen molar-refractivity contribution in [3.8, 4) is 0 Å². The van der Waals surface area contributed by atoms with Crippen LogP contribution in [0.25, 0.3) is 0 Å². The molecule has 0 radical (unpaired) electrons. The maximum atomic E-state index is 5.93. The third-order valence-corrected chi connectivity index (χ3v) is 4.07. The number of nitrogens with two attached hydrogens (primary N) is 1. The van der Waals surface area contributed by atoms with E-state index in [-0.39, 0.29) is 0 Å². The molecule has 0 atom stereocenters. The van der Waals surface area contributed by atoms with Gasteiger partial charge in [-0.05, 0) is 43.3 Å². The molecular formula is C14H17ClN2S. The van der Waals surface area contributed by atoms with Crippen LogP contribution in [-0.2, 0) is 13.1 Å². The van der Waals surface area contributed by atoms with Crippen molar-refractivity contribution in [2.45, 2.75) is 20.0 Å². The zero-order valence-electron chi connectivity index (χ0n) is 10.6. The molecule has 0 saturated carbocycles. The molecule has 0 fully saturated rings. The molecule has 0 saturated heterocycles. The fourth-order valence-electron chi connectivity index (χ4n) is 1.86. The van der Waals surface area contributed by atoms with Crippen molar-refractivity contribution in [2.75, 3.05) is 12.8 Å². The predicted molar refractivity (Wildman–Crippen MR) is 80.1 cm³/mol. The van der Waals surface area contributed by atoms with Gasteiger partial charge in [0.2, 0.25) is 0 Å². The molecule has 0 aliphatic rings. The van der Waals surface area contributed by atoms with Crippen molar-refractivity contribution in [1.29, 1.82) is 0 Å². The van der Waals surface area contributed by atoms with Crippen molar-refractivity contribution >= 4 is 28.6 Å². The number of hydrogen-bond acceptors (Lipinski definition) is 3. The third kappa shape index (κ3) is 3.48. The summed E-state index contributed by atoms with van der Waals surface area (Å²) in [6, 6.07) is 10.3. The van der Waals surface area contributed by atoms with Crippen molar-refractivity contribution in [2.24, 2.45) is 0 Å². The first-order valence-electron chi connectivity index (χ1n) is 5.82. The van der Waals surface area contributed by atoms with Crippen LogP contribution in [0.5, 0.6) is 0 Å². The summed E-state index contributed by atoms with van der Waals surface area (Å²) < 4.78 is 0.845. The topological polar surface area (TPSA) is 29.3 Å². The monoisotopic (exact) mass is 280 g/mol. The highest BCUT2D eigenvalue weighted by atomic mass is 35.5. The first kappa shape index (κ1) is 13.4. The van der Waals surface area contributed by atoms with Crippen molar-refractivity contribution in [1.82, 2.24) is 4.90 Å². The van der Waals surface area contributed by atoms with Crippen LogP contribution in [0.4, 0.5) is 5.69 Å². The van der Waals surface area contributed by atoms with Gasteiger partial charge >= 0.3 is 0 Å². The quantitative estimate of drug-likeness (QED) is 0.860. The second-order valence-corrected chi connectivity index (χ2v) is 6.37. The second-order valence-electron chi connectivity index (χ2n) is 4.57. The van der Waals surface area contributed by atoms with E-state index in [2.05, 4.69) is 30.1 Å². The van der Waals surface area contributed by atoms with Gasteiger partial charge in [0.1, 0.15) is 0 Å². The minimum atomic E-state index is 0.845. The first-order chi connectivity index (χ1) is 8.54. The second kappa shape index (κ2) is 5.74. The number of benzene rings is 1. The SMILES string of the molecule is Cc1ccc(CN(C)Cc2ccc(Cl)s2)cc1N. The molecule has 4 heteroatoms. The van der Waals surface area contributed by atoms with E-state index in [0.717, 1.165) is 28.7 Å². The molecule has 96 valence electrons. The lowest BCUT2D eigenvalue weighted by Gasteiger charge is -2.16. The number of hydrogen-bond donors (Lipinski definition) is 1. The van der Waals surface area contributed by atoms with Gasteiger partial charge in [-0.25, -0.2) is 0 Å². The van der Waals surface area contributed by atoms with Gasteiger partial charge in [0.15, 0.2) is 0 Å². The fraction of sp³-hybridized carbons (Fsp3) is 0.286. The standard InChI is InChI=1S/C14H17ClN2S/c1-10-3-4-11(7-13(10)16)8-17(2)9-12-5-6-14(15)18-12/h3-7H,8-9,16H2,1-2H3. The number of nitrogen functional groups attached to an aromatic ring is 1. The molecular weight excluding hydrogens is 264 g/mol. The third-order valence-electron chi connectivity index (χ3n) is 2.85. The van der Waals surface area contributed by atoms with E-state index in [1.807, 2.05) is 19.1 Å². The molecule has 0 aliphatic carbocycles. The lowest BCUT2D eigenvalue weighted by atomic mass is 10.1. The van der Waals surface area contributed by atoms with Crippen LogP contribution in [-0.4, -0.2) is 11.9 Å². The van der Waals surface area contributed by atoms with E-state index < -0.39 is 0 Å². The Morgan fingerprint density at radius 3 is 2.61 bits per heavy atom. The number of anilines is 1. The summed E-state index contributed by atoms with van der Waals surface area (Å²) in [4.78, 5) is 3.54. The molecule has 18 heavy (non-hydrogen) atoms. The van der Waals surface area contributed by atoms with E-state index in [0.29, 0.717) is 0 Å². The zero-order valence-corrected chi connectivity index (χ0v) is 12.2. The zero-order chi connectivity index (χ0) is 13.1. The van der Waals surface area contributed by atoms with Crippen LogP contribution in [0, 0.1) is 6.92 Å². The molecule has 0 spiro atoms. The summed E-state index contributed by atoms with van der Waals surface area (Å²) in [5.41, 5.74) is 9.15. The lowest BCUT2D eigenvalue weighted by molar-refractivity contribution is 0.322. The molecule has 2 aromatic rings. The van der Waals surface area contributed by atoms with E-state index in [4.69, 9.17) is 17.3 Å². The van der Waals surface area contributed by atoms with E-state index >= 15 is 0 Å². The maximum Gasteiger partial charge on any atom is 0.0931 e. The van der Waals surface area contributed by atoms with Gasteiger partial charge in [0.05, 0.1) is 4.34 Å². The summed E-state index contributed by atoms with van der Waals surface area (Å²) in [7, 11) is 2.10. The smallest absolute Gasteiger partial charge is 0.0931 e. The largest absolute Gasteiger partial charge is 0.399 e. The molecule has 0 bridgehead atoms.